The van der Waals surface area contributed by atoms with Crippen molar-refractivity contribution in [2.75, 3.05) is 10.6 Å². The zero-order valence-corrected chi connectivity index (χ0v) is 13.3. The van der Waals surface area contributed by atoms with Crippen LogP contribution in [0.5, 0.6) is 0 Å². The molecule has 118 valence electrons. The summed E-state index contributed by atoms with van der Waals surface area (Å²) in [5.41, 5.74) is 4.48. The highest BCUT2D eigenvalue weighted by atomic mass is 16.2. The summed E-state index contributed by atoms with van der Waals surface area (Å²) >= 11 is 0. The van der Waals surface area contributed by atoms with Crippen molar-refractivity contribution in [3.8, 4) is 0 Å². The third-order valence-electron chi connectivity index (χ3n) is 4.03. The van der Waals surface area contributed by atoms with Gasteiger partial charge in [0.25, 0.3) is 0 Å². The number of urea groups is 1. The first-order valence-electron chi connectivity index (χ1n) is 7.77. The van der Waals surface area contributed by atoms with Crippen LogP contribution in [-0.4, -0.2) is 16.0 Å². The summed E-state index contributed by atoms with van der Waals surface area (Å²) < 4.78 is 0. The number of hydrogen-bond donors (Lipinski definition) is 3. The van der Waals surface area contributed by atoms with Crippen LogP contribution in [0.4, 0.5) is 16.2 Å². The summed E-state index contributed by atoms with van der Waals surface area (Å²) in [6, 6.07) is 13.2. The summed E-state index contributed by atoms with van der Waals surface area (Å²) in [7, 11) is 0. The van der Waals surface area contributed by atoms with Gasteiger partial charge in [-0.05, 0) is 42.2 Å². The number of imidazole rings is 1. The van der Waals surface area contributed by atoms with Gasteiger partial charge in [0.2, 0.25) is 0 Å². The maximum Gasteiger partial charge on any atom is 0.323 e. The molecular formula is C18H20N4O. The molecule has 3 aromatic rings. The number of amides is 2. The molecule has 0 aliphatic heterocycles. The third-order valence-corrected chi connectivity index (χ3v) is 4.03. The van der Waals surface area contributed by atoms with Crippen LogP contribution in [0, 0.1) is 0 Å². The van der Waals surface area contributed by atoms with E-state index in [1.165, 1.54) is 0 Å². The Labute approximate surface area is 135 Å². The number of hydrogen-bond acceptors (Lipinski definition) is 2. The number of fused-ring (bicyclic) bond motifs is 1. The summed E-state index contributed by atoms with van der Waals surface area (Å²) in [4.78, 5) is 19.5. The molecule has 0 saturated heterocycles. The summed E-state index contributed by atoms with van der Waals surface area (Å²) in [6.45, 7) is 4.30. The molecule has 0 aliphatic carbocycles. The van der Waals surface area contributed by atoms with Crippen molar-refractivity contribution >= 4 is 28.4 Å². The number of aromatic amines is 1. The van der Waals surface area contributed by atoms with Gasteiger partial charge >= 0.3 is 6.03 Å². The minimum atomic E-state index is -0.250. The topological polar surface area (TPSA) is 69.8 Å². The standard InChI is InChI=1S/C18H20N4O/c1-3-12(2)14-6-4-5-7-15(14)22-18(23)21-13-8-9-16-17(10-13)20-11-19-16/h4-12H,3H2,1-2H3,(H,19,20)(H2,21,22,23). The van der Waals surface area contributed by atoms with Gasteiger partial charge in [-0.2, -0.15) is 0 Å². The van der Waals surface area contributed by atoms with Crippen LogP contribution in [0.1, 0.15) is 31.7 Å². The average Bonchev–Trinajstić information content (AvgIpc) is 3.02. The highest BCUT2D eigenvalue weighted by Crippen LogP contribution is 2.26. The number of aromatic nitrogens is 2. The Hall–Kier alpha value is -2.82. The van der Waals surface area contributed by atoms with Crippen molar-refractivity contribution in [2.45, 2.75) is 26.2 Å². The minimum absolute atomic E-state index is 0.250. The van der Waals surface area contributed by atoms with Crippen molar-refractivity contribution in [3.63, 3.8) is 0 Å². The van der Waals surface area contributed by atoms with Crippen LogP contribution in [0.15, 0.2) is 48.8 Å². The maximum absolute atomic E-state index is 12.3. The second kappa shape index (κ2) is 6.52. The molecular weight excluding hydrogens is 288 g/mol. The van der Waals surface area contributed by atoms with Gasteiger partial charge in [-0.3, -0.25) is 0 Å². The molecule has 1 heterocycles. The first-order valence-corrected chi connectivity index (χ1v) is 7.77. The van der Waals surface area contributed by atoms with E-state index < -0.39 is 0 Å². The van der Waals surface area contributed by atoms with Crippen LogP contribution in [0.3, 0.4) is 0 Å². The van der Waals surface area contributed by atoms with Crippen LogP contribution < -0.4 is 10.6 Å². The summed E-state index contributed by atoms with van der Waals surface area (Å²) in [5.74, 6) is 0.396. The number of anilines is 2. The van der Waals surface area contributed by atoms with Crippen LogP contribution >= 0.6 is 0 Å². The lowest BCUT2D eigenvalue weighted by molar-refractivity contribution is 0.262. The van der Waals surface area contributed by atoms with E-state index in [1.807, 2.05) is 36.4 Å². The summed E-state index contributed by atoms with van der Waals surface area (Å²) in [5, 5.41) is 5.80. The fourth-order valence-corrected chi connectivity index (χ4v) is 2.56. The molecule has 0 saturated carbocycles. The zero-order valence-electron chi connectivity index (χ0n) is 13.3. The lowest BCUT2D eigenvalue weighted by Gasteiger charge is -2.16. The van der Waals surface area contributed by atoms with E-state index >= 15 is 0 Å². The Morgan fingerprint density at radius 2 is 2.04 bits per heavy atom. The average molecular weight is 308 g/mol. The molecule has 0 aliphatic rings. The number of rotatable bonds is 4. The second-order valence-electron chi connectivity index (χ2n) is 5.61. The SMILES string of the molecule is CCC(C)c1ccccc1NC(=O)Nc1ccc2nc[nH]c2c1. The number of H-pyrrole nitrogens is 1. The predicted molar refractivity (Wildman–Crippen MR) is 93.9 cm³/mol. The molecule has 0 spiro atoms. The Bertz CT molecular complexity index is 825. The van der Waals surface area contributed by atoms with E-state index in [4.69, 9.17) is 0 Å². The lowest BCUT2D eigenvalue weighted by Crippen LogP contribution is -2.20. The molecule has 0 bridgehead atoms. The maximum atomic E-state index is 12.3. The molecule has 2 aromatic carbocycles. The number of nitrogens with zero attached hydrogens (tertiary/aromatic N) is 1. The Kier molecular flexibility index (Phi) is 4.28. The monoisotopic (exact) mass is 308 g/mol. The Morgan fingerprint density at radius 1 is 1.22 bits per heavy atom. The van der Waals surface area contributed by atoms with Crippen molar-refractivity contribution in [2.24, 2.45) is 0 Å². The van der Waals surface area contributed by atoms with Crippen molar-refractivity contribution < 1.29 is 4.79 Å². The van der Waals surface area contributed by atoms with E-state index in [1.54, 1.807) is 6.33 Å². The summed E-state index contributed by atoms with van der Waals surface area (Å²) in [6.07, 6.45) is 2.66. The molecule has 0 fully saturated rings. The van der Waals surface area contributed by atoms with E-state index in [9.17, 15) is 4.79 Å². The molecule has 1 atom stereocenters. The first kappa shape index (κ1) is 15.1. The molecule has 1 aromatic heterocycles. The molecule has 2 amide bonds. The predicted octanol–water partition coefficient (Wildman–Crippen LogP) is 4.72. The van der Waals surface area contributed by atoms with Crippen molar-refractivity contribution in [1.29, 1.82) is 0 Å². The fourth-order valence-electron chi connectivity index (χ4n) is 2.56. The van der Waals surface area contributed by atoms with Gasteiger partial charge < -0.3 is 15.6 Å². The molecule has 3 rings (SSSR count). The number of nitrogens with one attached hydrogen (secondary N) is 3. The van der Waals surface area contributed by atoms with Crippen molar-refractivity contribution in [1.82, 2.24) is 9.97 Å². The van der Waals surface area contributed by atoms with Gasteiger partial charge in [-0.1, -0.05) is 32.0 Å². The van der Waals surface area contributed by atoms with E-state index in [0.717, 1.165) is 34.4 Å². The van der Waals surface area contributed by atoms with Crippen LogP contribution in [-0.2, 0) is 0 Å². The van der Waals surface area contributed by atoms with Gasteiger partial charge in [0.15, 0.2) is 0 Å². The molecule has 3 N–H and O–H groups in total. The van der Waals surface area contributed by atoms with Gasteiger partial charge in [0.1, 0.15) is 0 Å². The van der Waals surface area contributed by atoms with Gasteiger partial charge in [-0.15, -0.1) is 0 Å². The minimum Gasteiger partial charge on any atom is -0.345 e. The van der Waals surface area contributed by atoms with E-state index in [0.29, 0.717) is 5.92 Å². The molecule has 1 unspecified atom stereocenters. The van der Waals surface area contributed by atoms with Gasteiger partial charge in [0, 0.05) is 11.4 Å². The Morgan fingerprint density at radius 3 is 2.87 bits per heavy atom. The second-order valence-corrected chi connectivity index (χ2v) is 5.61. The Balaban J connectivity index is 1.74. The van der Waals surface area contributed by atoms with Gasteiger partial charge in [0.05, 0.1) is 17.4 Å². The highest BCUT2D eigenvalue weighted by molar-refractivity contribution is 6.01. The first-order chi connectivity index (χ1) is 11.2. The van der Waals surface area contributed by atoms with E-state index in [2.05, 4.69) is 40.5 Å². The van der Waals surface area contributed by atoms with Crippen molar-refractivity contribution in [3.05, 3.63) is 54.4 Å². The van der Waals surface area contributed by atoms with E-state index in [-0.39, 0.29) is 6.03 Å². The van der Waals surface area contributed by atoms with Crippen LogP contribution in [0.25, 0.3) is 11.0 Å². The molecule has 5 heteroatoms. The zero-order chi connectivity index (χ0) is 16.2. The number of carbonyl (C=O) groups excluding carboxylic acids is 1. The highest BCUT2D eigenvalue weighted by Gasteiger charge is 2.11. The number of benzene rings is 2. The quantitative estimate of drug-likeness (QED) is 0.652. The largest absolute Gasteiger partial charge is 0.345 e. The molecule has 23 heavy (non-hydrogen) atoms. The number of carbonyl (C=O) groups is 1. The molecule has 5 nitrogen and oxygen atoms in total. The van der Waals surface area contributed by atoms with Crippen LogP contribution in [0.2, 0.25) is 0 Å². The normalized spacial score (nSPS) is 12.1. The number of para-hydroxylation sites is 1. The fraction of sp³-hybridized carbons (Fsp3) is 0.222. The lowest BCUT2D eigenvalue weighted by atomic mass is 9.97. The third kappa shape index (κ3) is 3.34. The smallest absolute Gasteiger partial charge is 0.323 e. The molecule has 0 radical (unpaired) electrons. The van der Waals surface area contributed by atoms with Gasteiger partial charge in [-0.25, -0.2) is 9.78 Å².